The summed E-state index contributed by atoms with van der Waals surface area (Å²) in [4.78, 5) is 4.88. The van der Waals surface area contributed by atoms with Crippen LogP contribution in [-0.4, -0.2) is 19.3 Å². The van der Waals surface area contributed by atoms with Crippen molar-refractivity contribution in [2.75, 3.05) is 0 Å². The Balaban J connectivity index is 1.27. The fourth-order valence-electron chi connectivity index (χ4n) is 8.95. The van der Waals surface area contributed by atoms with Crippen molar-refractivity contribution < 1.29 is 23.0 Å². The first kappa shape index (κ1) is 36.4. The van der Waals surface area contributed by atoms with E-state index in [2.05, 4.69) is 130 Å². The smallest absolute Gasteiger partial charge is 0.233 e. The molecule has 0 aliphatic heterocycles. The molecule has 6 nitrogen and oxygen atoms in total. The van der Waals surface area contributed by atoms with E-state index < -0.39 is 65.8 Å². The monoisotopic (exact) mass is 942 g/mol. The van der Waals surface area contributed by atoms with Gasteiger partial charge in [-0.1, -0.05) is 204 Å². The van der Waals surface area contributed by atoms with Gasteiger partial charge in [-0.15, -0.1) is 0 Å². The minimum Gasteiger partial charge on any atom is -0.458 e. The molecule has 0 spiro atoms. The Bertz CT molecular complexity index is 4030. The maximum absolute atomic E-state index is 9.31. The predicted octanol–water partition coefficient (Wildman–Crippen LogP) is 16.4. The molecule has 0 saturated carbocycles. The summed E-state index contributed by atoms with van der Waals surface area (Å²) < 4.78 is 102. The molecular weight excluding hydrogens is 867 g/mol. The summed E-state index contributed by atoms with van der Waals surface area (Å²) in [5.74, 6) is 1.98. The zero-order chi connectivity index (χ0) is 58.7. The lowest BCUT2D eigenvalue weighted by Gasteiger charge is -2.27. The minimum atomic E-state index is -0.583. The molecule has 0 amide bonds. The van der Waals surface area contributed by atoms with Crippen molar-refractivity contribution in [2.45, 2.75) is 105 Å². The van der Waals surface area contributed by atoms with E-state index >= 15 is 0 Å². The summed E-state index contributed by atoms with van der Waals surface area (Å²) in [6.07, 6.45) is 5.41. The fraction of sp³-hybridized carbons (Fsp3) is 0.246. The number of ether oxygens (including phenoxy) is 1. The number of hydrogen-bond acceptors (Lipinski definition) is 3. The van der Waals surface area contributed by atoms with Crippen molar-refractivity contribution in [3.05, 3.63) is 204 Å². The van der Waals surface area contributed by atoms with E-state index in [1.54, 1.807) is 27.4 Å². The molecular formula is C65H65N5O. The molecule has 0 unspecified atom stereocenters. The molecule has 0 aliphatic carbocycles. The maximum atomic E-state index is 9.31. The topological polar surface area (TPSA) is 48.8 Å². The van der Waals surface area contributed by atoms with E-state index in [4.69, 9.17) is 23.0 Å². The van der Waals surface area contributed by atoms with Crippen molar-refractivity contribution in [3.8, 4) is 62.3 Å². The van der Waals surface area contributed by atoms with Crippen LogP contribution in [0.1, 0.15) is 119 Å². The molecule has 6 heteroatoms. The molecule has 3 heterocycles. The van der Waals surface area contributed by atoms with Crippen LogP contribution in [0, 0.1) is 6.33 Å². The zero-order valence-electron chi connectivity index (χ0n) is 52.6. The summed E-state index contributed by atoms with van der Waals surface area (Å²) in [7, 11) is 0. The third-order valence-corrected chi connectivity index (χ3v) is 13.1. The minimum absolute atomic E-state index is 0.112. The van der Waals surface area contributed by atoms with Crippen molar-refractivity contribution >= 4 is 21.8 Å². The molecule has 0 bridgehead atoms. The zero-order valence-corrected chi connectivity index (χ0v) is 42.6. The number of para-hydroxylation sites is 1. The highest BCUT2D eigenvalue weighted by molar-refractivity contribution is 6.09. The first-order chi connectivity index (χ1) is 37.8. The van der Waals surface area contributed by atoms with Crippen molar-refractivity contribution in [3.63, 3.8) is 0 Å². The van der Waals surface area contributed by atoms with Gasteiger partial charge in [0.25, 0.3) is 0 Å². The van der Waals surface area contributed by atoms with Gasteiger partial charge in [-0.3, -0.25) is 4.57 Å². The van der Waals surface area contributed by atoms with Crippen LogP contribution in [-0.2, 0) is 21.7 Å². The Morgan fingerprint density at radius 3 is 1.70 bits per heavy atom. The van der Waals surface area contributed by atoms with Gasteiger partial charge in [0.1, 0.15) is 17.3 Å². The molecule has 71 heavy (non-hydrogen) atoms. The lowest BCUT2D eigenvalue weighted by molar-refractivity contribution is -0.589. The van der Waals surface area contributed by atoms with Gasteiger partial charge < -0.3 is 9.30 Å². The van der Waals surface area contributed by atoms with Gasteiger partial charge >= 0.3 is 0 Å². The normalized spacial score (nSPS) is 14.5. The third-order valence-electron chi connectivity index (χ3n) is 13.1. The van der Waals surface area contributed by atoms with Crippen molar-refractivity contribution in [1.29, 1.82) is 0 Å². The Morgan fingerprint density at radius 2 is 1.10 bits per heavy atom. The Hall–Kier alpha value is -7.57. The van der Waals surface area contributed by atoms with Crippen LogP contribution >= 0.6 is 0 Å². The first-order valence-corrected chi connectivity index (χ1v) is 24.1. The van der Waals surface area contributed by atoms with E-state index in [0.717, 1.165) is 49.9 Å². The average molecular weight is 942 g/mol. The number of fused-ring (bicyclic) bond motifs is 3. The SMILES string of the molecule is [2H]c1c([2H])c([2H])c(-c2cccc(-c3c([2H])c([2H])c([2H])c([2H])c3[2H])c2-c2nn(-c3cc(Oc4ccc5c6ccccc6n(-c6cc(C(C)(C)C)ccn6)c5c4)cc(C(C)(C)C)c3)[c-][n+]2-c2cc(C(C)(C)C)cc(C(C)(C)C)c2)c([2H])c1[2H]. The van der Waals surface area contributed by atoms with E-state index in [9.17, 15) is 5.48 Å². The van der Waals surface area contributed by atoms with Gasteiger partial charge in [0.2, 0.25) is 12.2 Å². The Labute approximate surface area is 434 Å². The van der Waals surface area contributed by atoms with Crippen LogP contribution in [0.15, 0.2) is 176 Å². The second-order valence-corrected chi connectivity index (χ2v) is 22.4. The maximum Gasteiger partial charge on any atom is 0.233 e. The van der Waals surface area contributed by atoms with Crippen LogP contribution in [0.3, 0.4) is 0 Å². The number of aromatic nitrogens is 5. The Morgan fingerprint density at radius 1 is 0.521 bits per heavy atom. The molecule has 0 aliphatic rings. The molecule has 0 saturated heterocycles. The number of hydrogen-bond donors (Lipinski definition) is 0. The average Bonchev–Trinajstić information content (AvgIpc) is 3.08. The van der Waals surface area contributed by atoms with Crippen LogP contribution in [0.25, 0.3) is 72.6 Å². The summed E-state index contributed by atoms with van der Waals surface area (Å²) in [6, 6.07) is 30.1. The van der Waals surface area contributed by atoms with E-state index in [1.807, 2.05) is 60.8 Å². The van der Waals surface area contributed by atoms with Crippen molar-refractivity contribution in [1.82, 2.24) is 19.3 Å². The lowest BCUT2D eigenvalue weighted by Crippen LogP contribution is -2.33. The summed E-state index contributed by atoms with van der Waals surface area (Å²) >= 11 is 0. The fourth-order valence-corrected chi connectivity index (χ4v) is 8.95. The molecule has 0 fully saturated rings. The molecule has 10 aromatic rings. The van der Waals surface area contributed by atoms with E-state index in [1.165, 1.54) is 0 Å². The van der Waals surface area contributed by atoms with Gasteiger partial charge in [0, 0.05) is 34.3 Å². The summed E-state index contributed by atoms with van der Waals surface area (Å²) in [6.45, 7) is 25.6. The van der Waals surface area contributed by atoms with Crippen LogP contribution < -0.4 is 9.30 Å². The summed E-state index contributed by atoms with van der Waals surface area (Å²) in [5, 5.41) is 7.49. The van der Waals surface area contributed by atoms with Gasteiger partial charge in [-0.05, 0) is 114 Å². The standard InChI is InChI=1S/C65H65N5O/c1-62(2,3)45-32-33-66-59(39-45)70-57-29-20-19-26-55(57)56-31-30-51(41-58(56)70)71-52-38-48(65(10,11)12)37-50(40-52)69-42-68(49-35-46(63(4,5)6)34-47(36-49)64(7,8)9)61(67-69)60-53(43-22-15-13-16-23-43)27-21-28-54(60)44-24-17-14-18-25-44/h13-41H,1-12H3/i13D,14D,15D,16D,17D,18D,22D,23D,24D,25D. The second kappa shape index (κ2) is 17.7. The van der Waals surface area contributed by atoms with E-state index in [-0.39, 0.29) is 49.9 Å². The highest BCUT2D eigenvalue weighted by Gasteiger charge is 2.27. The number of benzene rings is 7. The van der Waals surface area contributed by atoms with E-state index in [0.29, 0.717) is 22.9 Å². The molecule has 10 rings (SSSR count). The van der Waals surface area contributed by atoms with Gasteiger partial charge in [-0.2, -0.15) is 4.68 Å². The number of rotatable bonds is 8. The molecule has 356 valence electrons. The predicted molar refractivity (Wildman–Crippen MR) is 294 cm³/mol. The van der Waals surface area contributed by atoms with Crippen LogP contribution in [0.2, 0.25) is 0 Å². The molecule has 0 N–H and O–H groups in total. The highest BCUT2D eigenvalue weighted by Crippen LogP contribution is 2.41. The van der Waals surface area contributed by atoms with Crippen molar-refractivity contribution in [2.24, 2.45) is 0 Å². The number of nitrogens with zero attached hydrogens (tertiary/aromatic N) is 5. The largest absolute Gasteiger partial charge is 0.458 e. The second-order valence-electron chi connectivity index (χ2n) is 22.4. The van der Waals surface area contributed by atoms with Crippen LogP contribution in [0.4, 0.5) is 0 Å². The number of pyridine rings is 1. The molecule has 0 radical (unpaired) electrons. The first-order valence-electron chi connectivity index (χ1n) is 29.1. The van der Waals surface area contributed by atoms with Crippen LogP contribution in [0.5, 0.6) is 11.5 Å². The third kappa shape index (κ3) is 9.32. The van der Waals surface area contributed by atoms with Gasteiger partial charge in [0.05, 0.1) is 30.4 Å². The Kier molecular flexibility index (Phi) is 9.06. The van der Waals surface area contributed by atoms with Gasteiger partial charge in [-0.25, -0.2) is 4.98 Å². The lowest BCUT2D eigenvalue weighted by atomic mass is 9.80. The molecule has 3 aromatic heterocycles. The highest BCUT2D eigenvalue weighted by atomic mass is 16.5. The van der Waals surface area contributed by atoms with Gasteiger partial charge in [0.15, 0.2) is 0 Å². The molecule has 7 aromatic carbocycles. The molecule has 0 atom stereocenters. The summed E-state index contributed by atoms with van der Waals surface area (Å²) in [5.41, 5.74) is 5.90. The quantitative estimate of drug-likeness (QED) is 0.113.